The standard InChI is InChI=1S/C25H31F4N3O/c1-3-7-18(2)31-12-10-23(11-13-31)32(17-19-8-5-4-6-9-19)24(33)30-22-15-20(25(27,28)29)14-21(26)16-22/h4-6,8-9,14-16,18,23H,3,7,10-13,17H2,1-2H3,(H,30,33). The number of halogens is 4. The van der Waals surface area contributed by atoms with Crippen LogP contribution in [0.25, 0.3) is 0 Å². The number of amides is 2. The Balaban J connectivity index is 1.77. The smallest absolute Gasteiger partial charge is 0.317 e. The third kappa shape index (κ3) is 6.93. The van der Waals surface area contributed by atoms with Gasteiger partial charge in [0.1, 0.15) is 5.82 Å². The van der Waals surface area contributed by atoms with Gasteiger partial charge < -0.3 is 15.1 Å². The number of rotatable bonds is 7. The highest BCUT2D eigenvalue weighted by atomic mass is 19.4. The quantitative estimate of drug-likeness (QED) is 0.472. The second-order valence-corrected chi connectivity index (χ2v) is 8.67. The van der Waals surface area contributed by atoms with E-state index in [1.807, 2.05) is 30.3 Å². The van der Waals surface area contributed by atoms with Crippen LogP contribution < -0.4 is 5.32 Å². The fraction of sp³-hybridized carbons (Fsp3) is 0.480. The summed E-state index contributed by atoms with van der Waals surface area (Å²) in [7, 11) is 0. The van der Waals surface area contributed by atoms with Gasteiger partial charge in [-0.05, 0) is 49.9 Å². The van der Waals surface area contributed by atoms with Crippen LogP contribution >= 0.6 is 0 Å². The molecule has 1 saturated heterocycles. The Morgan fingerprint density at radius 1 is 1.15 bits per heavy atom. The van der Waals surface area contributed by atoms with Crippen molar-refractivity contribution >= 4 is 11.7 Å². The number of urea groups is 1. The van der Waals surface area contributed by atoms with E-state index < -0.39 is 23.6 Å². The summed E-state index contributed by atoms with van der Waals surface area (Å²) in [6, 6.07) is 11.4. The second-order valence-electron chi connectivity index (χ2n) is 8.67. The summed E-state index contributed by atoms with van der Waals surface area (Å²) in [6.07, 6.45) is -0.943. The molecule has 0 bridgehead atoms. The highest BCUT2D eigenvalue weighted by Gasteiger charge is 2.33. The van der Waals surface area contributed by atoms with E-state index in [9.17, 15) is 22.4 Å². The van der Waals surface area contributed by atoms with E-state index in [-0.39, 0.29) is 11.7 Å². The van der Waals surface area contributed by atoms with E-state index in [4.69, 9.17) is 0 Å². The predicted octanol–water partition coefficient (Wildman–Crippen LogP) is 6.53. The minimum Gasteiger partial charge on any atom is -0.317 e. The fourth-order valence-electron chi connectivity index (χ4n) is 4.41. The number of hydrogen-bond donors (Lipinski definition) is 1. The minimum atomic E-state index is -4.70. The summed E-state index contributed by atoms with van der Waals surface area (Å²) in [5.74, 6) is -1.05. The molecule has 2 aromatic carbocycles. The number of alkyl halides is 3. The highest BCUT2D eigenvalue weighted by Crippen LogP contribution is 2.32. The van der Waals surface area contributed by atoms with E-state index in [2.05, 4.69) is 24.1 Å². The van der Waals surface area contributed by atoms with Gasteiger partial charge in [-0.15, -0.1) is 0 Å². The van der Waals surface area contributed by atoms with Crippen LogP contribution in [0.1, 0.15) is 50.7 Å². The average Bonchev–Trinajstić information content (AvgIpc) is 2.77. The van der Waals surface area contributed by atoms with Crippen molar-refractivity contribution in [3.63, 3.8) is 0 Å². The lowest BCUT2D eigenvalue weighted by atomic mass is 10.00. The van der Waals surface area contributed by atoms with Crippen molar-refractivity contribution in [2.24, 2.45) is 0 Å². The Morgan fingerprint density at radius 3 is 2.42 bits per heavy atom. The first-order valence-electron chi connectivity index (χ1n) is 11.4. The van der Waals surface area contributed by atoms with Crippen molar-refractivity contribution in [2.75, 3.05) is 18.4 Å². The molecule has 4 nitrogen and oxygen atoms in total. The monoisotopic (exact) mass is 465 g/mol. The largest absolute Gasteiger partial charge is 0.416 e. The SMILES string of the molecule is CCCC(C)N1CCC(N(Cc2ccccc2)C(=O)Nc2cc(F)cc(C(F)(F)F)c2)CC1. The number of nitrogens with zero attached hydrogens (tertiary/aromatic N) is 2. The third-order valence-corrected chi connectivity index (χ3v) is 6.20. The van der Waals surface area contributed by atoms with E-state index in [0.29, 0.717) is 18.7 Å². The molecular weight excluding hydrogens is 434 g/mol. The number of anilines is 1. The predicted molar refractivity (Wildman–Crippen MR) is 121 cm³/mol. The molecule has 2 amide bonds. The molecule has 0 aromatic heterocycles. The molecular formula is C25H31F4N3O. The van der Waals surface area contributed by atoms with Crippen LogP contribution in [0.15, 0.2) is 48.5 Å². The zero-order valence-corrected chi connectivity index (χ0v) is 19.0. The minimum absolute atomic E-state index is 0.0640. The maximum Gasteiger partial charge on any atom is 0.416 e. The Labute approximate surface area is 192 Å². The summed E-state index contributed by atoms with van der Waals surface area (Å²) < 4.78 is 53.1. The van der Waals surface area contributed by atoms with Gasteiger partial charge in [0, 0.05) is 37.4 Å². The average molecular weight is 466 g/mol. The van der Waals surface area contributed by atoms with Crippen LogP contribution in [0.5, 0.6) is 0 Å². The van der Waals surface area contributed by atoms with Crippen LogP contribution in [0.2, 0.25) is 0 Å². The van der Waals surface area contributed by atoms with Gasteiger partial charge in [-0.2, -0.15) is 13.2 Å². The van der Waals surface area contributed by atoms with E-state index in [0.717, 1.165) is 56.5 Å². The number of hydrogen-bond acceptors (Lipinski definition) is 2. The molecule has 1 aliphatic rings. The van der Waals surface area contributed by atoms with Crippen molar-refractivity contribution in [1.82, 2.24) is 9.80 Å². The zero-order chi connectivity index (χ0) is 24.0. The lowest BCUT2D eigenvalue weighted by molar-refractivity contribution is -0.137. The topological polar surface area (TPSA) is 35.6 Å². The molecule has 2 aromatic rings. The first-order valence-corrected chi connectivity index (χ1v) is 11.4. The number of piperidine rings is 1. The molecule has 0 aliphatic carbocycles. The molecule has 33 heavy (non-hydrogen) atoms. The van der Waals surface area contributed by atoms with E-state index in [1.165, 1.54) is 0 Å². The molecule has 1 aliphatic heterocycles. The maximum atomic E-state index is 13.8. The van der Waals surface area contributed by atoms with Crippen LogP contribution in [0, 0.1) is 5.82 Å². The molecule has 0 saturated carbocycles. The van der Waals surface area contributed by atoms with Crippen molar-refractivity contribution in [3.05, 3.63) is 65.5 Å². The van der Waals surface area contributed by atoms with Gasteiger partial charge in [0.05, 0.1) is 5.56 Å². The van der Waals surface area contributed by atoms with Gasteiger partial charge in [0.2, 0.25) is 0 Å². The van der Waals surface area contributed by atoms with Gasteiger partial charge in [-0.1, -0.05) is 43.7 Å². The van der Waals surface area contributed by atoms with Crippen LogP contribution in [0.3, 0.4) is 0 Å². The van der Waals surface area contributed by atoms with Crippen LogP contribution in [0.4, 0.5) is 28.0 Å². The summed E-state index contributed by atoms with van der Waals surface area (Å²) in [4.78, 5) is 17.3. The lowest BCUT2D eigenvalue weighted by Crippen LogP contribution is -2.50. The number of benzene rings is 2. The van der Waals surface area contributed by atoms with Gasteiger partial charge >= 0.3 is 12.2 Å². The third-order valence-electron chi connectivity index (χ3n) is 6.20. The molecule has 8 heteroatoms. The Kier molecular flexibility index (Phi) is 8.35. The maximum absolute atomic E-state index is 13.8. The Hall–Kier alpha value is -2.61. The normalized spacial score (nSPS) is 16.4. The van der Waals surface area contributed by atoms with Crippen LogP contribution in [-0.2, 0) is 12.7 Å². The molecule has 1 atom stereocenters. The molecule has 1 heterocycles. The molecule has 180 valence electrons. The summed E-state index contributed by atoms with van der Waals surface area (Å²) in [6.45, 7) is 6.39. The molecule has 1 fully saturated rings. The van der Waals surface area contributed by atoms with Crippen molar-refractivity contribution in [3.8, 4) is 0 Å². The second kappa shape index (κ2) is 11.0. The molecule has 3 rings (SSSR count). The van der Waals surface area contributed by atoms with Crippen molar-refractivity contribution in [1.29, 1.82) is 0 Å². The molecule has 0 radical (unpaired) electrons. The zero-order valence-electron chi connectivity index (χ0n) is 19.0. The lowest BCUT2D eigenvalue weighted by Gasteiger charge is -2.40. The van der Waals surface area contributed by atoms with Gasteiger partial charge in [0.25, 0.3) is 0 Å². The van der Waals surface area contributed by atoms with Crippen molar-refractivity contribution in [2.45, 2.75) is 64.3 Å². The van der Waals surface area contributed by atoms with Gasteiger partial charge in [-0.25, -0.2) is 9.18 Å². The summed E-state index contributed by atoms with van der Waals surface area (Å²) in [5, 5.41) is 2.50. The van der Waals surface area contributed by atoms with Crippen molar-refractivity contribution < 1.29 is 22.4 Å². The molecule has 1 unspecified atom stereocenters. The number of carbonyl (C=O) groups excluding carboxylic acids is 1. The van der Waals surface area contributed by atoms with E-state index >= 15 is 0 Å². The van der Waals surface area contributed by atoms with Gasteiger partial charge in [0.15, 0.2) is 0 Å². The van der Waals surface area contributed by atoms with Gasteiger partial charge in [-0.3, -0.25) is 0 Å². The molecule has 1 N–H and O–H groups in total. The summed E-state index contributed by atoms with van der Waals surface area (Å²) >= 11 is 0. The molecule has 0 spiro atoms. The first-order chi connectivity index (χ1) is 15.7. The number of carbonyl (C=O) groups is 1. The fourth-order valence-corrected chi connectivity index (χ4v) is 4.41. The number of nitrogens with one attached hydrogen (secondary N) is 1. The van der Waals surface area contributed by atoms with Crippen LogP contribution in [-0.4, -0.2) is 41.0 Å². The first kappa shape index (κ1) is 25.0. The summed E-state index contributed by atoms with van der Waals surface area (Å²) in [5.41, 5.74) is -0.422. The van der Waals surface area contributed by atoms with E-state index in [1.54, 1.807) is 4.90 Å². The Morgan fingerprint density at radius 2 is 1.82 bits per heavy atom. The number of likely N-dealkylation sites (tertiary alicyclic amines) is 1. The highest BCUT2D eigenvalue weighted by molar-refractivity contribution is 5.89. The Bertz CT molecular complexity index is 912.